The van der Waals surface area contributed by atoms with E-state index in [4.69, 9.17) is 9.47 Å². The summed E-state index contributed by atoms with van der Waals surface area (Å²) < 4.78 is 11.0. The first kappa shape index (κ1) is 15.4. The third kappa shape index (κ3) is 4.52. The second kappa shape index (κ2) is 7.72. The van der Waals surface area contributed by atoms with Gasteiger partial charge in [0.1, 0.15) is 11.5 Å². The largest absolute Gasteiger partial charge is 0.497 e. The van der Waals surface area contributed by atoms with E-state index in [0.29, 0.717) is 12.5 Å². The zero-order chi connectivity index (χ0) is 15.1. The molecule has 21 heavy (non-hydrogen) atoms. The fourth-order valence-corrected chi connectivity index (χ4v) is 2.21. The van der Waals surface area contributed by atoms with Crippen molar-refractivity contribution in [3.63, 3.8) is 0 Å². The Balaban J connectivity index is 1.82. The van der Waals surface area contributed by atoms with Crippen molar-refractivity contribution < 1.29 is 9.47 Å². The molecule has 1 unspecified atom stereocenters. The van der Waals surface area contributed by atoms with E-state index in [1.165, 1.54) is 11.1 Å². The molecular formula is C19H24O2. The summed E-state index contributed by atoms with van der Waals surface area (Å²) in [4.78, 5) is 0. The molecule has 2 heteroatoms. The zero-order valence-electron chi connectivity index (χ0n) is 13.1. The molecule has 0 heterocycles. The van der Waals surface area contributed by atoms with Crippen LogP contribution in [0.1, 0.15) is 37.3 Å². The van der Waals surface area contributed by atoms with Crippen LogP contribution in [0.15, 0.2) is 48.5 Å². The lowest BCUT2D eigenvalue weighted by Crippen LogP contribution is -2.01. The van der Waals surface area contributed by atoms with E-state index in [9.17, 15) is 0 Å². The van der Waals surface area contributed by atoms with Crippen LogP contribution >= 0.6 is 0 Å². The minimum absolute atomic E-state index is 0.610. The van der Waals surface area contributed by atoms with Crippen LogP contribution in [0, 0.1) is 0 Å². The Bertz CT molecular complexity index is 528. The van der Waals surface area contributed by atoms with Crippen LogP contribution in [0.25, 0.3) is 0 Å². The summed E-state index contributed by atoms with van der Waals surface area (Å²) in [7, 11) is 1.68. The van der Waals surface area contributed by atoms with Crippen LogP contribution < -0.4 is 9.47 Å². The van der Waals surface area contributed by atoms with Gasteiger partial charge >= 0.3 is 0 Å². The Morgan fingerprint density at radius 3 is 2.10 bits per heavy atom. The molecule has 2 aromatic carbocycles. The molecule has 1 atom stereocenters. The van der Waals surface area contributed by atoms with Crippen molar-refractivity contribution in [2.45, 2.75) is 32.6 Å². The van der Waals surface area contributed by atoms with Gasteiger partial charge in [-0.1, -0.05) is 38.1 Å². The summed E-state index contributed by atoms with van der Waals surface area (Å²) in [5, 5.41) is 0. The van der Waals surface area contributed by atoms with E-state index in [0.717, 1.165) is 24.3 Å². The van der Waals surface area contributed by atoms with E-state index in [1.807, 2.05) is 12.1 Å². The van der Waals surface area contributed by atoms with Gasteiger partial charge in [-0.15, -0.1) is 0 Å². The normalized spacial score (nSPS) is 12.0. The average Bonchev–Trinajstić information content (AvgIpc) is 2.55. The van der Waals surface area contributed by atoms with E-state index in [2.05, 4.69) is 50.2 Å². The summed E-state index contributed by atoms with van der Waals surface area (Å²) in [6.45, 7) is 5.15. The summed E-state index contributed by atoms with van der Waals surface area (Å²) in [6.07, 6.45) is 2.06. The third-order valence-corrected chi connectivity index (χ3v) is 3.88. The van der Waals surface area contributed by atoms with Gasteiger partial charge in [0.05, 0.1) is 13.7 Å². The van der Waals surface area contributed by atoms with Gasteiger partial charge in [0, 0.05) is 6.42 Å². The predicted molar refractivity (Wildman–Crippen MR) is 87.3 cm³/mol. The fraction of sp³-hybridized carbons (Fsp3) is 0.368. The summed E-state index contributed by atoms with van der Waals surface area (Å²) in [6, 6.07) is 16.6. The van der Waals surface area contributed by atoms with Gasteiger partial charge in [0.2, 0.25) is 0 Å². The molecule has 0 radical (unpaired) electrons. The molecule has 0 N–H and O–H groups in total. The molecule has 2 aromatic rings. The van der Waals surface area contributed by atoms with Gasteiger partial charge < -0.3 is 9.47 Å². The fourth-order valence-electron chi connectivity index (χ4n) is 2.21. The van der Waals surface area contributed by atoms with Gasteiger partial charge in [-0.2, -0.15) is 0 Å². The molecule has 0 bridgehead atoms. The third-order valence-electron chi connectivity index (χ3n) is 3.88. The maximum atomic E-state index is 5.80. The average molecular weight is 284 g/mol. The first-order chi connectivity index (χ1) is 10.2. The molecule has 0 fully saturated rings. The number of hydrogen-bond donors (Lipinski definition) is 0. The maximum Gasteiger partial charge on any atom is 0.119 e. The van der Waals surface area contributed by atoms with Crippen molar-refractivity contribution in [3.05, 3.63) is 59.7 Å². The lowest BCUT2D eigenvalue weighted by atomic mass is 9.99. The second-order valence-electron chi connectivity index (χ2n) is 5.32. The number of rotatable bonds is 7. The molecular weight excluding hydrogens is 260 g/mol. The van der Waals surface area contributed by atoms with Crippen molar-refractivity contribution in [2.75, 3.05) is 13.7 Å². The number of hydrogen-bond acceptors (Lipinski definition) is 2. The molecule has 0 spiro atoms. The Labute approximate surface area is 127 Å². The number of benzene rings is 2. The Morgan fingerprint density at radius 2 is 1.52 bits per heavy atom. The van der Waals surface area contributed by atoms with E-state index < -0.39 is 0 Å². The zero-order valence-corrected chi connectivity index (χ0v) is 13.1. The van der Waals surface area contributed by atoms with Crippen molar-refractivity contribution in [2.24, 2.45) is 0 Å². The second-order valence-corrected chi connectivity index (χ2v) is 5.32. The first-order valence-electron chi connectivity index (χ1n) is 7.58. The number of ether oxygens (including phenoxy) is 2. The van der Waals surface area contributed by atoms with Crippen molar-refractivity contribution >= 4 is 0 Å². The monoisotopic (exact) mass is 284 g/mol. The SMILES string of the molecule is CCC(C)c1ccc(OCCc2ccc(OC)cc2)cc1. The van der Waals surface area contributed by atoms with Crippen LogP contribution in [-0.4, -0.2) is 13.7 Å². The van der Waals surface area contributed by atoms with Crippen LogP contribution in [0.3, 0.4) is 0 Å². The molecule has 0 aliphatic heterocycles. The molecule has 112 valence electrons. The highest BCUT2D eigenvalue weighted by molar-refractivity contribution is 5.30. The van der Waals surface area contributed by atoms with E-state index in [1.54, 1.807) is 7.11 Å². The smallest absolute Gasteiger partial charge is 0.119 e. The lowest BCUT2D eigenvalue weighted by molar-refractivity contribution is 0.321. The standard InChI is InChI=1S/C19H24O2/c1-4-15(2)17-7-11-19(12-8-17)21-14-13-16-5-9-18(20-3)10-6-16/h5-12,15H,4,13-14H2,1-3H3. The predicted octanol–water partition coefficient (Wildman–Crippen LogP) is 4.83. The molecule has 2 nitrogen and oxygen atoms in total. The molecule has 0 aliphatic rings. The van der Waals surface area contributed by atoms with Crippen molar-refractivity contribution in [1.29, 1.82) is 0 Å². The van der Waals surface area contributed by atoms with Crippen LogP contribution in [0.5, 0.6) is 11.5 Å². The van der Waals surface area contributed by atoms with Crippen LogP contribution in [-0.2, 0) is 6.42 Å². The van der Waals surface area contributed by atoms with Crippen molar-refractivity contribution in [3.8, 4) is 11.5 Å². The van der Waals surface area contributed by atoms with Crippen molar-refractivity contribution in [1.82, 2.24) is 0 Å². The molecule has 0 aromatic heterocycles. The van der Waals surface area contributed by atoms with E-state index >= 15 is 0 Å². The highest BCUT2D eigenvalue weighted by atomic mass is 16.5. The van der Waals surface area contributed by atoms with Gasteiger partial charge in [-0.25, -0.2) is 0 Å². The Kier molecular flexibility index (Phi) is 5.68. The summed E-state index contributed by atoms with van der Waals surface area (Å²) in [5.74, 6) is 2.44. The molecule has 0 saturated heterocycles. The molecule has 2 rings (SSSR count). The van der Waals surface area contributed by atoms with Gasteiger partial charge in [-0.05, 0) is 47.7 Å². The topological polar surface area (TPSA) is 18.5 Å². The lowest BCUT2D eigenvalue weighted by Gasteiger charge is -2.11. The van der Waals surface area contributed by atoms with Gasteiger partial charge in [-0.3, -0.25) is 0 Å². The Morgan fingerprint density at radius 1 is 0.905 bits per heavy atom. The highest BCUT2D eigenvalue weighted by Gasteiger charge is 2.03. The first-order valence-corrected chi connectivity index (χ1v) is 7.58. The van der Waals surface area contributed by atoms with Crippen LogP contribution in [0.2, 0.25) is 0 Å². The van der Waals surface area contributed by atoms with Gasteiger partial charge in [0.15, 0.2) is 0 Å². The van der Waals surface area contributed by atoms with Gasteiger partial charge in [0.25, 0.3) is 0 Å². The minimum atomic E-state index is 0.610. The molecule has 0 amide bonds. The number of methoxy groups -OCH3 is 1. The summed E-state index contributed by atoms with van der Waals surface area (Å²) >= 11 is 0. The summed E-state index contributed by atoms with van der Waals surface area (Å²) in [5.41, 5.74) is 2.63. The van der Waals surface area contributed by atoms with Crippen LogP contribution in [0.4, 0.5) is 0 Å². The quantitative estimate of drug-likeness (QED) is 0.725. The highest BCUT2D eigenvalue weighted by Crippen LogP contribution is 2.21. The molecule has 0 aliphatic carbocycles. The minimum Gasteiger partial charge on any atom is -0.497 e. The maximum absolute atomic E-state index is 5.80. The Hall–Kier alpha value is -1.96. The molecule has 0 saturated carbocycles. The van der Waals surface area contributed by atoms with E-state index in [-0.39, 0.29) is 0 Å².